The Labute approximate surface area is 108 Å². The summed E-state index contributed by atoms with van der Waals surface area (Å²) in [6.07, 6.45) is 0. The Balaban J connectivity index is 2.64. The lowest BCUT2D eigenvalue weighted by molar-refractivity contribution is 0.281. The van der Waals surface area contributed by atoms with Crippen LogP contribution in [0.25, 0.3) is 11.1 Å². The number of aliphatic hydroxyl groups is 1. The minimum atomic E-state index is -0.428. The van der Waals surface area contributed by atoms with Crippen molar-refractivity contribution < 1.29 is 9.50 Å². The fourth-order valence-corrected chi connectivity index (χ4v) is 2.28. The third-order valence-corrected chi connectivity index (χ3v) is 3.02. The van der Waals surface area contributed by atoms with Crippen LogP contribution >= 0.6 is 23.2 Å². The molecule has 0 atom stereocenters. The third kappa shape index (κ3) is 2.60. The maximum absolute atomic E-state index is 13.4. The Bertz CT molecular complexity index is 535. The fourth-order valence-electron chi connectivity index (χ4n) is 1.66. The van der Waals surface area contributed by atoms with Crippen LogP contribution in [-0.4, -0.2) is 5.11 Å². The molecule has 0 saturated heterocycles. The molecule has 17 heavy (non-hydrogen) atoms. The van der Waals surface area contributed by atoms with Gasteiger partial charge in [-0.1, -0.05) is 29.3 Å². The summed E-state index contributed by atoms with van der Waals surface area (Å²) in [5, 5.41) is 9.94. The number of hydrogen-bond donors (Lipinski definition) is 1. The van der Waals surface area contributed by atoms with Gasteiger partial charge in [-0.2, -0.15) is 0 Å². The number of hydrogen-bond acceptors (Lipinski definition) is 1. The lowest BCUT2D eigenvalue weighted by Gasteiger charge is -2.08. The van der Waals surface area contributed by atoms with Gasteiger partial charge in [0.25, 0.3) is 0 Å². The van der Waals surface area contributed by atoms with Gasteiger partial charge in [-0.25, -0.2) is 4.39 Å². The average Bonchev–Trinajstić information content (AvgIpc) is 2.28. The minimum absolute atomic E-state index is 0.229. The fraction of sp³-hybridized carbons (Fsp3) is 0.0769. The van der Waals surface area contributed by atoms with E-state index in [2.05, 4.69) is 0 Å². The van der Waals surface area contributed by atoms with Gasteiger partial charge < -0.3 is 5.11 Å². The Hall–Kier alpha value is -1.09. The van der Waals surface area contributed by atoms with E-state index >= 15 is 0 Å². The Morgan fingerprint density at radius 1 is 1.06 bits per heavy atom. The third-order valence-electron chi connectivity index (χ3n) is 2.39. The maximum Gasteiger partial charge on any atom is 0.124 e. The lowest BCUT2D eigenvalue weighted by Crippen LogP contribution is -1.89. The van der Waals surface area contributed by atoms with Gasteiger partial charge in [-0.05, 0) is 41.5 Å². The van der Waals surface area contributed by atoms with Crippen molar-refractivity contribution >= 4 is 23.2 Å². The van der Waals surface area contributed by atoms with E-state index in [4.69, 9.17) is 28.3 Å². The molecule has 2 aromatic carbocycles. The van der Waals surface area contributed by atoms with Crippen LogP contribution in [0, 0.1) is 5.82 Å². The smallest absolute Gasteiger partial charge is 0.124 e. The first-order chi connectivity index (χ1) is 8.11. The molecule has 0 unspecified atom stereocenters. The van der Waals surface area contributed by atoms with Gasteiger partial charge in [0.05, 0.1) is 6.61 Å². The molecule has 88 valence electrons. The molecule has 0 heterocycles. The Kier molecular flexibility index (Phi) is 3.67. The molecule has 0 aliphatic rings. The van der Waals surface area contributed by atoms with Crippen molar-refractivity contribution in [3.63, 3.8) is 0 Å². The maximum atomic E-state index is 13.4. The van der Waals surface area contributed by atoms with Crippen molar-refractivity contribution in [2.75, 3.05) is 0 Å². The highest BCUT2D eigenvalue weighted by Gasteiger charge is 2.10. The normalized spacial score (nSPS) is 10.6. The molecular formula is C13H9Cl2FO. The second-order valence-electron chi connectivity index (χ2n) is 3.60. The standard InChI is InChI=1S/C13H9Cl2FO/c14-11-2-1-3-12(15)13(11)9-4-8(7-17)5-10(16)6-9/h1-6,17H,7H2. The van der Waals surface area contributed by atoms with Gasteiger partial charge in [0.15, 0.2) is 0 Å². The van der Waals surface area contributed by atoms with Crippen LogP contribution in [0.4, 0.5) is 4.39 Å². The van der Waals surface area contributed by atoms with Gasteiger partial charge in [0.2, 0.25) is 0 Å². The summed E-state index contributed by atoms with van der Waals surface area (Å²) < 4.78 is 13.4. The molecule has 2 aromatic rings. The zero-order chi connectivity index (χ0) is 12.4. The van der Waals surface area contributed by atoms with Crippen LogP contribution in [0.1, 0.15) is 5.56 Å². The van der Waals surface area contributed by atoms with Crippen molar-refractivity contribution in [3.8, 4) is 11.1 Å². The molecule has 0 saturated carbocycles. The minimum Gasteiger partial charge on any atom is -0.392 e. The Morgan fingerprint density at radius 3 is 2.29 bits per heavy atom. The van der Waals surface area contributed by atoms with Gasteiger partial charge >= 0.3 is 0 Å². The molecule has 0 amide bonds. The molecule has 1 nitrogen and oxygen atoms in total. The summed E-state index contributed by atoms with van der Waals surface area (Å²) >= 11 is 12.1. The predicted molar refractivity (Wildman–Crippen MR) is 67.8 cm³/mol. The first kappa shape index (κ1) is 12.4. The summed E-state index contributed by atoms with van der Waals surface area (Å²) in [4.78, 5) is 0. The molecule has 0 aromatic heterocycles. The molecule has 0 aliphatic carbocycles. The number of benzene rings is 2. The van der Waals surface area contributed by atoms with E-state index in [1.807, 2.05) is 0 Å². The quantitative estimate of drug-likeness (QED) is 0.863. The van der Waals surface area contributed by atoms with E-state index < -0.39 is 5.82 Å². The summed E-state index contributed by atoms with van der Waals surface area (Å²) in [6, 6.07) is 9.37. The topological polar surface area (TPSA) is 20.2 Å². The number of halogens is 3. The van der Waals surface area contributed by atoms with Crippen LogP contribution in [-0.2, 0) is 6.61 Å². The van der Waals surface area contributed by atoms with Gasteiger partial charge in [0, 0.05) is 15.6 Å². The summed E-state index contributed by atoms with van der Waals surface area (Å²) in [7, 11) is 0. The largest absolute Gasteiger partial charge is 0.392 e. The molecule has 0 fully saturated rings. The van der Waals surface area contributed by atoms with Crippen molar-refractivity contribution in [2.45, 2.75) is 6.61 Å². The SMILES string of the molecule is OCc1cc(F)cc(-c2c(Cl)cccc2Cl)c1. The lowest BCUT2D eigenvalue weighted by atomic mass is 10.0. The van der Waals surface area contributed by atoms with Crippen molar-refractivity contribution in [1.82, 2.24) is 0 Å². The molecule has 1 N–H and O–H groups in total. The molecule has 0 radical (unpaired) electrons. The molecule has 0 bridgehead atoms. The first-order valence-corrected chi connectivity index (χ1v) is 5.72. The summed E-state index contributed by atoms with van der Waals surface area (Å²) in [5.74, 6) is -0.428. The van der Waals surface area contributed by atoms with E-state index in [1.54, 1.807) is 24.3 Å². The van der Waals surface area contributed by atoms with Crippen molar-refractivity contribution in [3.05, 3.63) is 57.8 Å². The highest BCUT2D eigenvalue weighted by atomic mass is 35.5. The highest BCUT2D eigenvalue weighted by Crippen LogP contribution is 2.35. The monoisotopic (exact) mass is 270 g/mol. The van der Waals surface area contributed by atoms with Crippen LogP contribution in [0.15, 0.2) is 36.4 Å². The zero-order valence-electron chi connectivity index (χ0n) is 8.75. The van der Waals surface area contributed by atoms with E-state index in [1.165, 1.54) is 12.1 Å². The van der Waals surface area contributed by atoms with Crippen LogP contribution < -0.4 is 0 Å². The summed E-state index contributed by atoms with van der Waals surface area (Å²) in [5.41, 5.74) is 1.62. The van der Waals surface area contributed by atoms with Crippen molar-refractivity contribution in [1.29, 1.82) is 0 Å². The van der Waals surface area contributed by atoms with Crippen LogP contribution in [0.3, 0.4) is 0 Å². The number of rotatable bonds is 2. The van der Waals surface area contributed by atoms with Crippen LogP contribution in [0.5, 0.6) is 0 Å². The summed E-state index contributed by atoms with van der Waals surface area (Å²) in [6.45, 7) is -0.229. The van der Waals surface area contributed by atoms with Crippen molar-refractivity contribution in [2.24, 2.45) is 0 Å². The van der Waals surface area contributed by atoms with Gasteiger partial charge in [0.1, 0.15) is 5.82 Å². The molecule has 0 spiro atoms. The van der Waals surface area contributed by atoms with Gasteiger partial charge in [-0.3, -0.25) is 0 Å². The second kappa shape index (κ2) is 5.05. The highest BCUT2D eigenvalue weighted by molar-refractivity contribution is 6.39. The average molecular weight is 271 g/mol. The van der Waals surface area contributed by atoms with E-state index in [0.29, 0.717) is 26.7 Å². The Morgan fingerprint density at radius 2 is 1.71 bits per heavy atom. The van der Waals surface area contributed by atoms with Gasteiger partial charge in [-0.15, -0.1) is 0 Å². The zero-order valence-corrected chi connectivity index (χ0v) is 10.3. The predicted octanol–water partition coefficient (Wildman–Crippen LogP) is 4.29. The molecule has 0 aliphatic heterocycles. The van der Waals surface area contributed by atoms with Crippen LogP contribution in [0.2, 0.25) is 10.0 Å². The molecule has 2 rings (SSSR count). The molecule has 4 heteroatoms. The first-order valence-electron chi connectivity index (χ1n) is 4.96. The number of aliphatic hydroxyl groups excluding tert-OH is 1. The van der Waals surface area contributed by atoms with E-state index in [9.17, 15) is 4.39 Å². The molecular weight excluding hydrogens is 262 g/mol. The second-order valence-corrected chi connectivity index (χ2v) is 4.42. The van der Waals surface area contributed by atoms with E-state index in [-0.39, 0.29) is 6.61 Å². The van der Waals surface area contributed by atoms with E-state index in [0.717, 1.165) is 0 Å².